The van der Waals surface area contributed by atoms with Gasteiger partial charge in [-0.15, -0.1) is 0 Å². The molecule has 0 atom stereocenters. The van der Waals surface area contributed by atoms with E-state index < -0.39 is 0 Å². The number of hydrogen-bond donors (Lipinski definition) is 2. The average molecular weight is 454 g/mol. The Morgan fingerprint density at radius 2 is 1.91 bits per heavy atom. The van der Waals surface area contributed by atoms with E-state index in [9.17, 15) is 4.79 Å². The van der Waals surface area contributed by atoms with Crippen molar-refractivity contribution < 1.29 is 4.74 Å². The summed E-state index contributed by atoms with van der Waals surface area (Å²) >= 11 is 5.72. The van der Waals surface area contributed by atoms with Crippen molar-refractivity contribution in [1.82, 2.24) is 29.5 Å². The lowest BCUT2D eigenvalue weighted by Crippen LogP contribution is -2.14. The van der Waals surface area contributed by atoms with Crippen LogP contribution < -0.4 is 15.6 Å². The summed E-state index contributed by atoms with van der Waals surface area (Å²) in [5.74, 6) is 1.45. The van der Waals surface area contributed by atoms with Crippen LogP contribution in [0.2, 0.25) is 5.15 Å². The Morgan fingerprint density at radius 3 is 2.59 bits per heavy atom. The van der Waals surface area contributed by atoms with Crippen molar-refractivity contribution in [3.63, 3.8) is 0 Å². The molecule has 0 fully saturated rings. The van der Waals surface area contributed by atoms with Gasteiger partial charge in [-0.05, 0) is 17.4 Å². The van der Waals surface area contributed by atoms with E-state index >= 15 is 0 Å². The fourth-order valence-electron chi connectivity index (χ4n) is 3.10. The van der Waals surface area contributed by atoms with E-state index in [1.807, 2.05) is 12.1 Å². The number of hydrogen-bond acceptors (Lipinski definition) is 7. The molecule has 0 radical (unpaired) electrons. The quantitative estimate of drug-likeness (QED) is 0.410. The molecule has 9 nitrogen and oxygen atoms in total. The van der Waals surface area contributed by atoms with E-state index in [1.54, 1.807) is 4.52 Å². The third kappa shape index (κ3) is 5.05. The molecule has 166 valence electrons. The fourth-order valence-corrected chi connectivity index (χ4v) is 3.20. The van der Waals surface area contributed by atoms with Crippen LogP contribution in [0.4, 0.5) is 5.95 Å². The molecule has 0 saturated carbocycles. The second kappa shape index (κ2) is 8.96. The lowest BCUT2D eigenvalue weighted by atomic mass is 9.87. The van der Waals surface area contributed by atoms with Crippen LogP contribution in [0.15, 0.2) is 47.5 Å². The Morgan fingerprint density at radius 1 is 1.12 bits per heavy atom. The third-order valence-corrected chi connectivity index (χ3v) is 5.01. The van der Waals surface area contributed by atoms with Crippen molar-refractivity contribution in [2.75, 3.05) is 18.5 Å². The number of anilines is 1. The first-order chi connectivity index (χ1) is 15.3. The number of aromatic amines is 1. The lowest BCUT2D eigenvalue weighted by Gasteiger charge is -2.19. The Kier molecular flexibility index (Phi) is 6.09. The van der Waals surface area contributed by atoms with Gasteiger partial charge in [0.05, 0.1) is 19.0 Å². The van der Waals surface area contributed by atoms with Gasteiger partial charge in [0.15, 0.2) is 11.5 Å². The SMILES string of the molecule is CC(C)(C)c1ccc(-c2nc(NCCCOc3cnc(Cl)cn3)n3[nH]c(=O)cc3n2)cc1. The van der Waals surface area contributed by atoms with E-state index in [-0.39, 0.29) is 11.0 Å². The van der Waals surface area contributed by atoms with Crippen LogP contribution in [0.5, 0.6) is 5.88 Å². The number of nitrogens with zero attached hydrogens (tertiary/aromatic N) is 5. The molecule has 0 aliphatic heterocycles. The van der Waals surface area contributed by atoms with Crippen molar-refractivity contribution in [3.8, 4) is 17.3 Å². The third-order valence-electron chi connectivity index (χ3n) is 4.82. The number of halogens is 1. The van der Waals surface area contributed by atoms with Gasteiger partial charge < -0.3 is 10.1 Å². The normalized spacial score (nSPS) is 11.6. The highest BCUT2D eigenvalue weighted by Crippen LogP contribution is 2.25. The molecule has 2 N–H and O–H groups in total. The first-order valence-corrected chi connectivity index (χ1v) is 10.6. The van der Waals surface area contributed by atoms with Crippen molar-refractivity contribution in [1.29, 1.82) is 0 Å². The molecule has 0 bridgehead atoms. The highest BCUT2D eigenvalue weighted by Gasteiger charge is 2.15. The van der Waals surface area contributed by atoms with Crippen LogP contribution in [-0.2, 0) is 5.41 Å². The molecule has 3 aromatic heterocycles. The van der Waals surface area contributed by atoms with Gasteiger partial charge >= 0.3 is 0 Å². The molecule has 0 aliphatic carbocycles. The molecule has 3 heterocycles. The van der Waals surface area contributed by atoms with Gasteiger partial charge in [0, 0.05) is 18.2 Å². The Hall–Kier alpha value is -3.46. The molecule has 4 aromatic rings. The van der Waals surface area contributed by atoms with E-state index in [2.05, 4.69) is 63.3 Å². The smallest absolute Gasteiger partial charge is 0.266 e. The maximum atomic E-state index is 11.9. The number of H-pyrrole nitrogens is 1. The number of benzene rings is 1. The maximum Gasteiger partial charge on any atom is 0.266 e. The molecule has 10 heteroatoms. The van der Waals surface area contributed by atoms with Crippen LogP contribution in [0, 0.1) is 0 Å². The predicted octanol–water partition coefficient (Wildman–Crippen LogP) is 3.71. The van der Waals surface area contributed by atoms with E-state index in [0.29, 0.717) is 48.0 Å². The van der Waals surface area contributed by atoms with E-state index in [1.165, 1.54) is 24.0 Å². The summed E-state index contributed by atoms with van der Waals surface area (Å²) in [7, 11) is 0. The van der Waals surface area contributed by atoms with Gasteiger partial charge in [0.1, 0.15) is 5.15 Å². The Balaban J connectivity index is 1.48. The molecule has 1 aromatic carbocycles. The van der Waals surface area contributed by atoms with Gasteiger partial charge in [-0.3, -0.25) is 9.89 Å². The summed E-state index contributed by atoms with van der Waals surface area (Å²) in [5.41, 5.74) is 2.41. The van der Waals surface area contributed by atoms with E-state index in [0.717, 1.165) is 5.56 Å². The fraction of sp³-hybridized carbons (Fsp3) is 0.318. The van der Waals surface area contributed by atoms with Gasteiger partial charge in [-0.2, -0.15) is 4.98 Å². The molecule has 0 spiro atoms. The molecule has 0 saturated heterocycles. The average Bonchev–Trinajstić information content (AvgIpc) is 3.14. The molecule has 0 aliphatic rings. The van der Waals surface area contributed by atoms with Crippen molar-refractivity contribution in [3.05, 3.63) is 63.8 Å². The zero-order valence-electron chi connectivity index (χ0n) is 18.1. The maximum absolute atomic E-state index is 11.9. The number of fused-ring (bicyclic) bond motifs is 1. The summed E-state index contributed by atoms with van der Waals surface area (Å²) in [5, 5.41) is 6.28. The number of nitrogens with one attached hydrogen (secondary N) is 2. The standard InChI is InChI=1S/C22H24ClN7O2/c1-22(2,3)15-7-5-14(6-8-15)20-27-17-11-18(31)29-30(17)21(28-20)24-9-4-10-32-19-13-25-16(23)12-26-19/h5-8,11-13H,4,9-10H2,1-3H3,(H,29,31)(H,24,27,28). The second-order valence-electron chi connectivity index (χ2n) is 8.32. The zero-order valence-corrected chi connectivity index (χ0v) is 18.8. The van der Waals surface area contributed by atoms with Crippen LogP contribution in [-0.4, -0.2) is 42.7 Å². The Labute approximate surface area is 189 Å². The number of ether oxygens (including phenoxy) is 1. The summed E-state index contributed by atoms with van der Waals surface area (Å²) in [6.45, 7) is 7.50. The minimum absolute atomic E-state index is 0.0592. The van der Waals surface area contributed by atoms with Crippen molar-refractivity contribution in [2.45, 2.75) is 32.6 Å². The lowest BCUT2D eigenvalue weighted by molar-refractivity contribution is 0.301. The first-order valence-electron chi connectivity index (χ1n) is 10.2. The molecule has 4 rings (SSSR count). The topological polar surface area (TPSA) is 110 Å². The summed E-state index contributed by atoms with van der Waals surface area (Å²) in [6, 6.07) is 9.61. The van der Waals surface area contributed by atoms with Gasteiger partial charge in [0.25, 0.3) is 5.56 Å². The minimum Gasteiger partial charge on any atom is -0.477 e. The molecular formula is C22H24ClN7O2. The molecule has 0 amide bonds. The summed E-state index contributed by atoms with van der Waals surface area (Å²) < 4.78 is 7.10. The number of rotatable bonds is 7. The summed E-state index contributed by atoms with van der Waals surface area (Å²) in [6.07, 6.45) is 3.59. The number of aromatic nitrogens is 6. The predicted molar refractivity (Wildman–Crippen MR) is 123 cm³/mol. The van der Waals surface area contributed by atoms with Gasteiger partial charge in [0.2, 0.25) is 11.8 Å². The molecular weight excluding hydrogens is 430 g/mol. The van der Waals surface area contributed by atoms with Crippen molar-refractivity contribution >= 4 is 23.2 Å². The zero-order chi connectivity index (χ0) is 22.7. The Bertz CT molecular complexity index is 1260. The molecule has 32 heavy (non-hydrogen) atoms. The van der Waals surface area contributed by atoms with Crippen molar-refractivity contribution in [2.24, 2.45) is 0 Å². The van der Waals surface area contributed by atoms with Crippen LogP contribution >= 0.6 is 11.6 Å². The van der Waals surface area contributed by atoms with Crippen LogP contribution in [0.25, 0.3) is 17.0 Å². The van der Waals surface area contributed by atoms with E-state index in [4.69, 9.17) is 16.3 Å². The minimum atomic E-state index is -0.243. The highest BCUT2D eigenvalue weighted by molar-refractivity contribution is 6.29. The monoisotopic (exact) mass is 453 g/mol. The van der Waals surface area contributed by atoms with Crippen LogP contribution in [0.3, 0.4) is 0 Å². The molecule has 0 unspecified atom stereocenters. The largest absolute Gasteiger partial charge is 0.477 e. The highest BCUT2D eigenvalue weighted by atomic mass is 35.5. The first kappa shape index (κ1) is 21.8. The van der Waals surface area contributed by atoms with Gasteiger partial charge in [-0.1, -0.05) is 56.6 Å². The van der Waals surface area contributed by atoms with Gasteiger partial charge in [-0.25, -0.2) is 19.5 Å². The second-order valence-corrected chi connectivity index (χ2v) is 8.71. The summed E-state index contributed by atoms with van der Waals surface area (Å²) in [4.78, 5) is 29.0. The van der Waals surface area contributed by atoms with Crippen LogP contribution in [0.1, 0.15) is 32.8 Å².